The molecule has 0 spiro atoms. The van der Waals surface area contributed by atoms with Crippen molar-refractivity contribution < 1.29 is 9.59 Å². The Bertz CT molecular complexity index is 878. The lowest BCUT2D eigenvalue weighted by molar-refractivity contribution is -0.140. The number of amides is 2. The molecule has 1 N–H and O–H groups in total. The van der Waals surface area contributed by atoms with Gasteiger partial charge in [-0.1, -0.05) is 67.9 Å². The first-order valence-corrected chi connectivity index (χ1v) is 11.0. The summed E-state index contributed by atoms with van der Waals surface area (Å²) in [6.45, 7) is 7.54. The fourth-order valence-corrected chi connectivity index (χ4v) is 4.44. The van der Waals surface area contributed by atoms with E-state index in [4.69, 9.17) is 0 Å². The highest BCUT2D eigenvalue weighted by Crippen LogP contribution is 2.36. The van der Waals surface area contributed by atoms with Crippen LogP contribution in [0.3, 0.4) is 0 Å². The van der Waals surface area contributed by atoms with Crippen LogP contribution < -0.4 is 5.32 Å². The predicted octanol–water partition coefficient (Wildman–Crippen LogP) is 4.61. The van der Waals surface area contributed by atoms with Gasteiger partial charge in [-0.25, -0.2) is 0 Å². The molecule has 1 aliphatic rings. The van der Waals surface area contributed by atoms with Crippen LogP contribution in [0.4, 0.5) is 0 Å². The average Bonchev–Trinajstić information content (AvgIpc) is 2.73. The van der Waals surface area contributed by atoms with Crippen LogP contribution in [0, 0.1) is 18.3 Å². The Morgan fingerprint density at radius 2 is 1.70 bits per heavy atom. The van der Waals surface area contributed by atoms with Gasteiger partial charge >= 0.3 is 0 Å². The number of hydrogen-bond donors (Lipinski definition) is 1. The lowest BCUT2D eigenvalue weighted by atomic mass is 9.72. The number of piperidine rings is 1. The van der Waals surface area contributed by atoms with Gasteiger partial charge in [-0.05, 0) is 48.8 Å². The molecule has 0 aromatic heterocycles. The third-order valence-electron chi connectivity index (χ3n) is 6.21. The average molecular weight is 407 g/mol. The van der Waals surface area contributed by atoms with Crippen molar-refractivity contribution in [2.24, 2.45) is 11.3 Å². The second kappa shape index (κ2) is 9.46. The molecule has 0 bridgehead atoms. The molecule has 0 atom stereocenters. The Morgan fingerprint density at radius 1 is 1.03 bits per heavy atom. The van der Waals surface area contributed by atoms with Crippen molar-refractivity contribution in [2.75, 3.05) is 20.1 Å². The number of aryl methyl sites for hydroxylation is 1. The molecule has 4 heteroatoms. The number of carbonyl (C=O) groups is 2. The van der Waals surface area contributed by atoms with E-state index in [9.17, 15) is 9.59 Å². The lowest BCUT2D eigenvalue weighted by Crippen LogP contribution is -2.50. The Labute approximate surface area is 180 Å². The Hall–Kier alpha value is -2.62. The first kappa shape index (κ1) is 22.1. The molecule has 0 unspecified atom stereocenters. The summed E-state index contributed by atoms with van der Waals surface area (Å²) in [5.74, 6) is 0.647. The molecule has 30 heavy (non-hydrogen) atoms. The normalized spacial score (nSPS) is 15.8. The number of likely N-dealkylation sites (tertiary alicyclic amines) is 1. The van der Waals surface area contributed by atoms with Crippen molar-refractivity contribution in [3.8, 4) is 11.1 Å². The van der Waals surface area contributed by atoms with Crippen LogP contribution in [0.25, 0.3) is 11.1 Å². The summed E-state index contributed by atoms with van der Waals surface area (Å²) in [4.78, 5) is 27.2. The van der Waals surface area contributed by atoms with Gasteiger partial charge in [-0.3, -0.25) is 9.59 Å². The standard InChI is InChI=1S/C26H34N2O2/c1-19(2)16-24(29)28-14-12-26(13-15-28,25(30)27-4)18-21-8-10-22(11-9-21)23-7-5-6-20(3)17-23/h5-11,17,19H,12-16,18H2,1-4H3,(H,27,30). The Kier molecular flexibility index (Phi) is 6.96. The molecule has 2 aromatic rings. The smallest absolute Gasteiger partial charge is 0.226 e. The molecular weight excluding hydrogens is 372 g/mol. The minimum atomic E-state index is -0.450. The van der Waals surface area contributed by atoms with Gasteiger partial charge < -0.3 is 10.2 Å². The SMILES string of the molecule is CNC(=O)C1(Cc2ccc(-c3cccc(C)c3)cc2)CCN(C(=O)CC(C)C)CC1. The fraction of sp³-hybridized carbons (Fsp3) is 0.462. The van der Waals surface area contributed by atoms with E-state index in [0.717, 1.165) is 5.56 Å². The third-order valence-corrected chi connectivity index (χ3v) is 6.21. The largest absolute Gasteiger partial charge is 0.359 e. The molecule has 1 fully saturated rings. The number of nitrogens with zero attached hydrogens (tertiary/aromatic N) is 1. The van der Waals surface area contributed by atoms with Crippen LogP contribution in [-0.4, -0.2) is 36.9 Å². The zero-order valence-corrected chi connectivity index (χ0v) is 18.7. The highest BCUT2D eigenvalue weighted by Gasteiger charge is 2.41. The molecule has 3 rings (SSSR count). The van der Waals surface area contributed by atoms with Crippen molar-refractivity contribution >= 4 is 11.8 Å². The second-order valence-corrected chi connectivity index (χ2v) is 9.08. The molecular formula is C26H34N2O2. The van der Waals surface area contributed by atoms with E-state index in [1.807, 2.05) is 4.90 Å². The first-order valence-electron chi connectivity index (χ1n) is 11.0. The lowest BCUT2D eigenvalue weighted by Gasteiger charge is -2.41. The van der Waals surface area contributed by atoms with Crippen LogP contribution >= 0.6 is 0 Å². The van der Waals surface area contributed by atoms with Gasteiger partial charge in [0.05, 0.1) is 5.41 Å². The number of rotatable bonds is 6. The molecule has 1 aliphatic heterocycles. The van der Waals surface area contributed by atoms with E-state index in [2.05, 4.69) is 74.6 Å². The number of carbonyl (C=O) groups excluding carboxylic acids is 2. The van der Waals surface area contributed by atoms with E-state index in [1.54, 1.807) is 7.05 Å². The van der Waals surface area contributed by atoms with Crippen LogP contribution in [0.2, 0.25) is 0 Å². The van der Waals surface area contributed by atoms with Crippen LogP contribution in [-0.2, 0) is 16.0 Å². The third kappa shape index (κ3) is 5.10. The predicted molar refractivity (Wildman–Crippen MR) is 122 cm³/mol. The van der Waals surface area contributed by atoms with Crippen molar-refractivity contribution in [1.29, 1.82) is 0 Å². The van der Waals surface area contributed by atoms with E-state index in [-0.39, 0.29) is 11.8 Å². The summed E-state index contributed by atoms with van der Waals surface area (Å²) in [6.07, 6.45) is 2.69. The van der Waals surface area contributed by atoms with E-state index < -0.39 is 5.41 Å². The van der Waals surface area contributed by atoms with Crippen LogP contribution in [0.1, 0.15) is 44.2 Å². The number of nitrogens with one attached hydrogen (secondary N) is 1. The topological polar surface area (TPSA) is 49.4 Å². The van der Waals surface area contributed by atoms with Crippen molar-refractivity contribution in [2.45, 2.75) is 46.5 Å². The summed E-state index contributed by atoms with van der Waals surface area (Å²) < 4.78 is 0. The molecule has 0 radical (unpaired) electrons. The highest BCUT2D eigenvalue weighted by atomic mass is 16.2. The maximum atomic E-state index is 12.9. The minimum Gasteiger partial charge on any atom is -0.359 e. The van der Waals surface area contributed by atoms with E-state index in [1.165, 1.54) is 16.7 Å². The van der Waals surface area contributed by atoms with E-state index >= 15 is 0 Å². The van der Waals surface area contributed by atoms with Crippen molar-refractivity contribution in [1.82, 2.24) is 10.2 Å². The van der Waals surface area contributed by atoms with Crippen molar-refractivity contribution in [3.63, 3.8) is 0 Å². The van der Waals surface area contributed by atoms with E-state index in [0.29, 0.717) is 44.7 Å². The van der Waals surface area contributed by atoms with Gasteiger partial charge in [0.2, 0.25) is 11.8 Å². The van der Waals surface area contributed by atoms with Crippen LogP contribution in [0.5, 0.6) is 0 Å². The fourth-order valence-electron chi connectivity index (χ4n) is 4.44. The summed E-state index contributed by atoms with van der Waals surface area (Å²) >= 11 is 0. The van der Waals surface area contributed by atoms with Gasteiger partial charge in [0, 0.05) is 26.6 Å². The zero-order valence-electron chi connectivity index (χ0n) is 18.7. The molecule has 2 aromatic carbocycles. The summed E-state index contributed by atoms with van der Waals surface area (Å²) in [5, 5.41) is 2.87. The number of benzene rings is 2. The second-order valence-electron chi connectivity index (χ2n) is 9.08. The molecule has 2 amide bonds. The van der Waals surface area contributed by atoms with Gasteiger partial charge in [-0.15, -0.1) is 0 Å². The maximum absolute atomic E-state index is 12.9. The van der Waals surface area contributed by atoms with Gasteiger partial charge in [-0.2, -0.15) is 0 Å². The van der Waals surface area contributed by atoms with Gasteiger partial charge in [0.25, 0.3) is 0 Å². The molecule has 1 saturated heterocycles. The monoisotopic (exact) mass is 406 g/mol. The summed E-state index contributed by atoms with van der Waals surface area (Å²) in [7, 11) is 1.71. The maximum Gasteiger partial charge on any atom is 0.226 e. The quantitative estimate of drug-likeness (QED) is 0.762. The Balaban J connectivity index is 1.73. The summed E-state index contributed by atoms with van der Waals surface area (Å²) in [5.41, 5.74) is 4.35. The van der Waals surface area contributed by atoms with Gasteiger partial charge in [0.15, 0.2) is 0 Å². The Morgan fingerprint density at radius 3 is 2.27 bits per heavy atom. The molecule has 4 nitrogen and oxygen atoms in total. The number of hydrogen-bond acceptors (Lipinski definition) is 2. The van der Waals surface area contributed by atoms with Crippen molar-refractivity contribution in [3.05, 3.63) is 59.7 Å². The highest BCUT2D eigenvalue weighted by molar-refractivity contribution is 5.83. The zero-order chi connectivity index (χ0) is 21.7. The molecule has 0 saturated carbocycles. The van der Waals surface area contributed by atoms with Gasteiger partial charge in [0.1, 0.15) is 0 Å². The molecule has 0 aliphatic carbocycles. The molecule has 160 valence electrons. The summed E-state index contributed by atoms with van der Waals surface area (Å²) in [6, 6.07) is 17.0. The minimum absolute atomic E-state index is 0.0845. The van der Waals surface area contributed by atoms with Crippen LogP contribution in [0.15, 0.2) is 48.5 Å². The molecule has 1 heterocycles. The first-order chi connectivity index (χ1) is 14.3.